The highest BCUT2D eigenvalue weighted by Crippen LogP contribution is 2.42. The van der Waals surface area contributed by atoms with Crippen LogP contribution in [0.4, 0.5) is 0 Å². The number of nitrogens with zero attached hydrogens (tertiary/aromatic N) is 1. The van der Waals surface area contributed by atoms with E-state index >= 15 is 0 Å². The fraction of sp³-hybridized carbons (Fsp3) is 1.00. The zero-order valence-corrected chi connectivity index (χ0v) is 9.68. The second-order valence-corrected chi connectivity index (χ2v) is 5.36. The predicted molar refractivity (Wildman–Crippen MR) is 60.5 cm³/mol. The van der Waals surface area contributed by atoms with Gasteiger partial charge in [0.15, 0.2) is 0 Å². The quantitative estimate of drug-likeness (QED) is 0.741. The van der Waals surface area contributed by atoms with E-state index in [-0.39, 0.29) is 0 Å². The maximum absolute atomic E-state index is 3.52. The molecule has 1 aliphatic carbocycles. The van der Waals surface area contributed by atoms with Crippen molar-refractivity contribution in [3.63, 3.8) is 0 Å². The first-order valence-corrected chi connectivity index (χ1v) is 6.12. The van der Waals surface area contributed by atoms with Gasteiger partial charge in [-0.05, 0) is 58.7 Å². The standard InChI is InChI=1S/C12H24N2/c1-13-12(6-7-12)9-11-5-3-4-8-14(2)10-11/h11,13H,3-10H2,1-2H3. The molecule has 1 N–H and O–H groups in total. The molecule has 0 radical (unpaired) electrons. The van der Waals surface area contributed by atoms with Gasteiger partial charge in [0.2, 0.25) is 0 Å². The minimum absolute atomic E-state index is 0.551. The normalized spacial score (nSPS) is 32.6. The number of hydrogen-bond acceptors (Lipinski definition) is 2. The van der Waals surface area contributed by atoms with Crippen LogP contribution in [0.1, 0.15) is 38.5 Å². The van der Waals surface area contributed by atoms with Crippen LogP contribution in [0.5, 0.6) is 0 Å². The minimum atomic E-state index is 0.551. The Labute approximate surface area is 88.1 Å². The van der Waals surface area contributed by atoms with Crippen LogP contribution in [0.25, 0.3) is 0 Å². The first kappa shape index (κ1) is 10.4. The fourth-order valence-electron chi connectivity index (χ4n) is 2.86. The highest BCUT2D eigenvalue weighted by molar-refractivity contribution is 5.02. The Morgan fingerprint density at radius 1 is 1.36 bits per heavy atom. The van der Waals surface area contributed by atoms with Crippen molar-refractivity contribution in [2.75, 3.05) is 27.2 Å². The molecule has 0 aromatic heterocycles. The molecule has 0 bridgehead atoms. The predicted octanol–water partition coefficient (Wildman–Crippen LogP) is 1.86. The Morgan fingerprint density at radius 2 is 2.14 bits per heavy atom. The SMILES string of the molecule is CNC1(CC2CCCCN(C)C2)CC1. The van der Waals surface area contributed by atoms with E-state index in [9.17, 15) is 0 Å². The lowest BCUT2D eigenvalue weighted by Crippen LogP contribution is -2.33. The number of likely N-dealkylation sites (tertiary alicyclic amines) is 1. The van der Waals surface area contributed by atoms with Crippen molar-refractivity contribution in [2.24, 2.45) is 5.92 Å². The first-order chi connectivity index (χ1) is 6.74. The van der Waals surface area contributed by atoms with Gasteiger partial charge in [-0.25, -0.2) is 0 Å². The molecule has 0 amide bonds. The Kier molecular flexibility index (Phi) is 3.13. The summed E-state index contributed by atoms with van der Waals surface area (Å²) in [6, 6.07) is 0. The Bertz CT molecular complexity index is 187. The van der Waals surface area contributed by atoms with E-state index in [1.165, 1.54) is 51.6 Å². The smallest absolute Gasteiger partial charge is 0.0183 e. The minimum Gasteiger partial charge on any atom is -0.314 e. The van der Waals surface area contributed by atoms with E-state index in [4.69, 9.17) is 0 Å². The molecule has 2 rings (SSSR count). The number of nitrogens with one attached hydrogen (secondary N) is 1. The molecule has 1 aliphatic heterocycles. The van der Waals surface area contributed by atoms with E-state index < -0.39 is 0 Å². The maximum Gasteiger partial charge on any atom is 0.0183 e. The van der Waals surface area contributed by atoms with Gasteiger partial charge >= 0.3 is 0 Å². The summed E-state index contributed by atoms with van der Waals surface area (Å²) in [5, 5.41) is 3.52. The molecule has 0 aromatic rings. The highest BCUT2D eigenvalue weighted by Gasteiger charge is 2.42. The summed E-state index contributed by atoms with van der Waals surface area (Å²) >= 11 is 0. The van der Waals surface area contributed by atoms with Crippen molar-refractivity contribution in [3.05, 3.63) is 0 Å². The lowest BCUT2D eigenvalue weighted by atomic mass is 9.94. The van der Waals surface area contributed by atoms with Crippen LogP contribution in [0.3, 0.4) is 0 Å². The molecule has 2 heteroatoms. The number of rotatable bonds is 3. The van der Waals surface area contributed by atoms with Crippen LogP contribution in [0, 0.1) is 5.92 Å². The van der Waals surface area contributed by atoms with E-state index in [0.29, 0.717) is 5.54 Å². The van der Waals surface area contributed by atoms with Crippen LogP contribution in [-0.2, 0) is 0 Å². The van der Waals surface area contributed by atoms with E-state index in [0.717, 1.165) is 5.92 Å². The van der Waals surface area contributed by atoms with E-state index in [1.807, 2.05) is 0 Å². The number of hydrogen-bond donors (Lipinski definition) is 1. The summed E-state index contributed by atoms with van der Waals surface area (Å²) in [4.78, 5) is 2.52. The molecule has 2 aliphatic rings. The Morgan fingerprint density at radius 3 is 2.79 bits per heavy atom. The molecule has 0 spiro atoms. The molecule has 2 nitrogen and oxygen atoms in total. The van der Waals surface area contributed by atoms with Gasteiger partial charge in [-0.1, -0.05) is 6.42 Å². The van der Waals surface area contributed by atoms with Crippen molar-refractivity contribution in [2.45, 2.75) is 44.1 Å². The molecular weight excluding hydrogens is 172 g/mol. The molecule has 0 aromatic carbocycles. The summed E-state index contributed by atoms with van der Waals surface area (Å²) in [6.45, 7) is 2.63. The van der Waals surface area contributed by atoms with Crippen LogP contribution in [0.2, 0.25) is 0 Å². The van der Waals surface area contributed by atoms with Crippen molar-refractivity contribution < 1.29 is 0 Å². The van der Waals surface area contributed by atoms with E-state index in [2.05, 4.69) is 24.3 Å². The lowest BCUT2D eigenvalue weighted by Gasteiger charge is -2.24. The molecule has 1 atom stereocenters. The third kappa shape index (κ3) is 2.48. The lowest BCUT2D eigenvalue weighted by molar-refractivity contribution is 0.268. The third-order valence-electron chi connectivity index (χ3n) is 4.04. The zero-order valence-electron chi connectivity index (χ0n) is 9.68. The van der Waals surface area contributed by atoms with Crippen LogP contribution in [-0.4, -0.2) is 37.6 Å². The topological polar surface area (TPSA) is 15.3 Å². The maximum atomic E-state index is 3.52. The van der Waals surface area contributed by atoms with Crippen molar-refractivity contribution in [3.8, 4) is 0 Å². The molecule has 1 saturated heterocycles. The Balaban J connectivity index is 1.83. The van der Waals surface area contributed by atoms with Gasteiger partial charge in [0.25, 0.3) is 0 Å². The van der Waals surface area contributed by atoms with Gasteiger partial charge in [-0.3, -0.25) is 0 Å². The molecule has 14 heavy (non-hydrogen) atoms. The van der Waals surface area contributed by atoms with Crippen LogP contribution < -0.4 is 5.32 Å². The summed E-state index contributed by atoms with van der Waals surface area (Å²) < 4.78 is 0. The molecule has 82 valence electrons. The van der Waals surface area contributed by atoms with Crippen molar-refractivity contribution in [1.29, 1.82) is 0 Å². The zero-order chi connectivity index (χ0) is 10.0. The molecule has 1 heterocycles. The van der Waals surface area contributed by atoms with Crippen LogP contribution in [0.15, 0.2) is 0 Å². The Hall–Kier alpha value is -0.0800. The molecular formula is C12H24N2. The second kappa shape index (κ2) is 4.19. The summed E-state index contributed by atoms with van der Waals surface area (Å²) in [7, 11) is 4.41. The van der Waals surface area contributed by atoms with Crippen molar-refractivity contribution >= 4 is 0 Å². The van der Waals surface area contributed by atoms with Gasteiger partial charge < -0.3 is 10.2 Å². The summed E-state index contributed by atoms with van der Waals surface area (Å²) in [5.41, 5.74) is 0.551. The monoisotopic (exact) mass is 196 g/mol. The third-order valence-corrected chi connectivity index (χ3v) is 4.04. The van der Waals surface area contributed by atoms with Gasteiger partial charge in [0, 0.05) is 12.1 Å². The highest BCUT2D eigenvalue weighted by atomic mass is 15.1. The summed E-state index contributed by atoms with van der Waals surface area (Å²) in [5.74, 6) is 0.942. The molecule has 1 unspecified atom stereocenters. The molecule has 1 saturated carbocycles. The van der Waals surface area contributed by atoms with Crippen LogP contribution >= 0.6 is 0 Å². The van der Waals surface area contributed by atoms with E-state index in [1.54, 1.807) is 0 Å². The fourth-order valence-corrected chi connectivity index (χ4v) is 2.86. The van der Waals surface area contributed by atoms with Gasteiger partial charge in [0.05, 0.1) is 0 Å². The van der Waals surface area contributed by atoms with Gasteiger partial charge in [-0.2, -0.15) is 0 Å². The van der Waals surface area contributed by atoms with Gasteiger partial charge in [-0.15, -0.1) is 0 Å². The largest absolute Gasteiger partial charge is 0.314 e. The second-order valence-electron chi connectivity index (χ2n) is 5.36. The molecule has 2 fully saturated rings. The summed E-state index contributed by atoms with van der Waals surface area (Å²) in [6.07, 6.45) is 8.52. The van der Waals surface area contributed by atoms with Gasteiger partial charge in [0.1, 0.15) is 0 Å². The average Bonchev–Trinajstić information content (AvgIpc) is 2.94. The average molecular weight is 196 g/mol. The van der Waals surface area contributed by atoms with Crippen molar-refractivity contribution in [1.82, 2.24) is 10.2 Å². The first-order valence-electron chi connectivity index (χ1n) is 6.12.